The van der Waals surface area contributed by atoms with E-state index in [9.17, 15) is 19.5 Å². The third kappa shape index (κ3) is 4.78. The van der Waals surface area contributed by atoms with Gasteiger partial charge in [0.25, 0.3) is 5.91 Å². The molecule has 2 bridgehead atoms. The van der Waals surface area contributed by atoms with E-state index in [2.05, 4.69) is 13.2 Å². The van der Waals surface area contributed by atoms with E-state index >= 15 is 0 Å². The normalized spacial score (nSPS) is 30.1. The minimum absolute atomic E-state index is 0.0989. The second-order valence-electron chi connectivity index (χ2n) is 11.2. The van der Waals surface area contributed by atoms with Crippen LogP contribution in [0.1, 0.15) is 52.9 Å². The van der Waals surface area contributed by atoms with Crippen LogP contribution < -0.4 is 4.90 Å². The summed E-state index contributed by atoms with van der Waals surface area (Å²) in [6, 6.07) is 5.24. The first kappa shape index (κ1) is 30.3. The van der Waals surface area contributed by atoms with E-state index < -0.39 is 41.1 Å². The van der Waals surface area contributed by atoms with Gasteiger partial charge >= 0.3 is 5.97 Å². The topological polar surface area (TPSA) is 96.4 Å². The fourth-order valence-corrected chi connectivity index (χ4v) is 7.14. The highest BCUT2D eigenvalue weighted by Gasteiger charge is 2.79. The van der Waals surface area contributed by atoms with Gasteiger partial charge in [-0.1, -0.05) is 50.9 Å². The lowest BCUT2D eigenvalue weighted by molar-refractivity contribution is -0.162. The van der Waals surface area contributed by atoms with Gasteiger partial charge in [-0.3, -0.25) is 14.4 Å². The number of aliphatic hydroxyl groups excluding tert-OH is 1. The summed E-state index contributed by atoms with van der Waals surface area (Å²) in [5, 5.41) is 11.1. The van der Waals surface area contributed by atoms with E-state index in [0.29, 0.717) is 42.8 Å². The van der Waals surface area contributed by atoms with Crippen LogP contribution in [-0.2, 0) is 23.9 Å². The second-order valence-corrected chi connectivity index (χ2v) is 11.6. The summed E-state index contributed by atoms with van der Waals surface area (Å²) >= 11 is 6.13. The fourth-order valence-electron chi connectivity index (χ4n) is 7.02. The van der Waals surface area contributed by atoms with E-state index in [1.54, 1.807) is 41.3 Å². The first-order chi connectivity index (χ1) is 19.2. The molecule has 3 fully saturated rings. The number of hydrogen-bond acceptors (Lipinski definition) is 6. The number of anilines is 1. The van der Waals surface area contributed by atoms with Crippen LogP contribution in [-0.4, -0.2) is 70.8 Å². The van der Waals surface area contributed by atoms with Crippen molar-refractivity contribution in [2.45, 2.75) is 76.2 Å². The Hall–Kier alpha value is -2.68. The summed E-state index contributed by atoms with van der Waals surface area (Å²) in [5.41, 5.74) is -1.52. The van der Waals surface area contributed by atoms with E-state index in [4.69, 9.17) is 21.1 Å². The molecule has 40 heavy (non-hydrogen) atoms. The predicted octanol–water partition coefficient (Wildman–Crippen LogP) is 4.54. The Balaban J connectivity index is 1.85. The first-order valence-electron chi connectivity index (χ1n) is 14.2. The Kier molecular flexibility index (Phi) is 9.12. The number of aliphatic hydroxyl groups is 1. The highest BCUT2D eigenvalue weighted by molar-refractivity contribution is 6.30. The summed E-state index contributed by atoms with van der Waals surface area (Å²) in [5.74, 6) is -3.00. The number of rotatable bonds is 13. The number of benzene rings is 1. The Morgan fingerprint density at radius 2 is 1.95 bits per heavy atom. The van der Waals surface area contributed by atoms with Crippen LogP contribution in [0.5, 0.6) is 0 Å². The molecule has 8 nitrogen and oxygen atoms in total. The molecule has 3 aliphatic heterocycles. The fraction of sp³-hybridized carbons (Fsp3) is 0.581. The molecule has 3 saturated heterocycles. The Bertz CT molecular complexity index is 1140. The van der Waals surface area contributed by atoms with Gasteiger partial charge in [-0.15, -0.1) is 13.2 Å². The van der Waals surface area contributed by atoms with Crippen molar-refractivity contribution in [3.05, 3.63) is 54.6 Å². The molecule has 1 N–H and O–H groups in total. The minimum Gasteiger partial charge on any atom is -0.465 e. The van der Waals surface area contributed by atoms with Crippen molar-refractivity contribution in [1.82, 2.24) is 4.90 Å². The van der Waals surface area contributed by atoms with Crippen LogP contribution in [0.4, 0.5) is 5.69 Å². The molecular weight excluding hydrogens is 532 g/mol. The van der Waals surface area contributed by atoms with Crippen LogP contribution in [0.3, 0.4) is 0 Å². The average Bonchev–Trinajstić information content (AvgIpc) is 3.56. The largest absolute Gasteiger partial charge is 0.465 e. The number of carbonyl (C=O) groups excluding carboxylic acids is 3. The number of esters is 1. The number of hydrogen-bond donors (Lipinski definition) is 1. The van der Waals surface area contributed by atoms with Gasteiger partial charge in [-0.25, -0.2) is 0 Å². The van der Waals surface area contributed by atoms with E-state index in [1.165, 1.54) is 4.90 Å². The lowest BCUT2D eigenvalue weighted by Crippen LogP contribution is -2.60. The molecule has 1 spiro atoms. The molecule has 0 aromatic heterocycles. The molecule has 2 unspecified atom stereocenters. The highest BCUT2D eigenvalue weighted by Crippen LogP contribution is 2.65. The maximum Gasteiger partial charge on any atom is 0.312 e. The molecule has 0 aliphatic carbocycles. The molecule has 7 atom stereocenters. The Morgan fingerprint density at radius 3 is 2.52 bits per heavy atom. The molecule has 4 rings (SSSR count). The van der Waals surface area contributed by atoms with Crippen LogP contribution in [0.2, 0.25) is 5.02 Å². The molecule has 0 saturated carbocycles. The number of nitrogens with zero attached hydrogens (tertiary/aromatic N) is 2. The van der Waals surface area contributed by atoms with Crippen LogP contribution in [0, 0.1) is 17.8 Å². The van der Waals surface area contributed by atoms with Crippen molar-refractivity contribution in [3.63, 3.8) is 0 Å². The van der Waals surface area contributed by atoms with Gasteiger partial charge in [0, 0.05) is 17.3 Å². The van der Waals surface area contributed by atoms with Gasteiger partial charge in [0.1, 0.15) is 17.6 Å². The Labute approximate surface area is 241 Å². The van der Waals surface area contributed by atoms with Gasteiger partial charge < -0.3 is 24.4 Å². The zero-order chi connectivity index (χ0) is 29.2. The van der Waals surface area contributed by atoms with Crippen molar-refractivity contribution in [2.24, 2.45) is 17.8 Å². The van der Waals surface area contributed by atoms with Gasteiger partial charge in [-0.2, -0.15) is 0 Å². The second kappa shape index (κ2) is 12.0. The molecule has 1 aromatic carbocycles. The molecule has 218 valence electrons. The van der Waals surface area contributed by atoms with Crippen molar-refractivity contribution in [2.75, 3.05) is 24.7 Å². The van der Waals surface area contributed by atoms with Crippen LogP contribution in [0.15, 0.2) is 49.6 Å². The first-order valence-corrected chi connectivity index (χ1v) is 14.6. The van der Waals surface area contributed by atoms with Crippen molar-refractivity contribution in [1.29, 1.82) is 0 Å². The van der Waals surface area contributed by atoms with Crippen molar-refractivity contribution in [3.8, 4) is 0 Å². The summed E-state index contributed by atoms with van der Waals surface area (Å²) in [6.07, 6.45) is 5.96. The number of halogens is 1. The van der Waals surface area contributed by atoms with Gasteiger partial charge in [0.15, 0.2) is 0 Å². The summed E-state index contributed by atoms with van der Waals surface area (Å²) in [7, 11) is 0. The highest BCUT2D eigenvalue weighted by atomic mass is 35.5. The third-order valence-electron chi connectivity index (χ3n) is 9.23. The van der Waals surface area contributed by atoms with E-state index in [0.717, 1.165) is 0 Å². The smallest absolute Gasteiger partial charge is 0.312 e. The molecule has 1 aromatic rings. The SMILES string of the molecule is C=CCCOC(=O)[C@@H]1[C@H]2C(=O)N([C@@H](CO)[C@@H](C)CC)C(C(=O)N(CC=C)c3ccc(Cl)cc3)C23CC[C@@]1(CC)O3. The quantitative estimate of drug-likeness (QED) is 0.212. The van der Waals surface area contributed by atoms with Crippen LogP contribution in [0.25, 0.3) is 0 Å². The molecule has 9 heteroatoms. The number of ether oxygens (including phenoxy) is 2. The van der Waals surface area contributed by atoms with E-state index in [-0.39, 0.29) is 37.5 Å². The molecule has 2 amide bonds. The van der Waals surface area contributed by atoms with Gasteiger partial charge in [-0.05, 0) is 55.9 Å². The van der Waals surface area contributed by atoms with Gasteiger partial charge in [0.05, 0.1) is 30.8 Å². The minimum atomic E-state index is -1.22. The maximum absolute atomic E-state index is 14.7. The number of fused-ring (bicyclic) bond motifs is 1. The standard InChI is InChI=1S/C31H41ClN2O6/c1-6-10-18-39-29(38)25-24-27(36)34(23(19-35)20(5)8-3)26(31(24)16-15-30(25,9-4)40-31)28(37)33(17-7-2)22-13-11-21(32)12-14-22/h6-7,11-14,20,23-26,35H,1-2,8-10,15-19H2,3-5H3/t20-,23-,24-,25-,26?,30+,31?/m0/s1. The average molecular weight is 573 g/mol. The lowest BCUT2D eigenvalue weighted by Gasteiger charge is -2.41. The third-order valence-corrected chi connectivity index (χ3v) is 9.49. The Morgan fingerprint density at radius 1 is 1.25 bits per heavy atom. The van der Waals surface area contributed by atoms with E-state index in [1.807, 2.05) is 20.8 Å². The maximum atomic E-state index is 14.7. The molecule has 3 aliphatic rings. The zero-order valence-corrected chi connectivity index (χ0v) is 24.4. The predicted molar refractivity (Wildman–Crippen MR) is 154 cm³/mol. The summed E-state index contributed by atoms with van der Waals surface area (Å²) < 4.78 is 12.4. The molecule has 0 radical (unpaired) electrons. The lowest BCUT2D eigenvalue weighted by atomic mass is 9.65. The van der Waals surface area contributed by atoms with Crippen molar-refractivity contribution < 1.29 is 29.0 Å². The summed E-state index contributed by atoms with van der Waals surface area (Å²) in [4.78, 5) is 45.8. The molecular formula is C31H41ClN2O6. The monoisotopic (exact) mass is 572 g/mol. The number of likely N-dealkylation sites (tertiary alicyclic amines) is 1. The molecule has 3 heterocycles. The van der Waals surface area contributed by atoms with Gasteiger partial charge in [0.2, 0.25) is 5.91 Å². The number of amides is 2. The summed E-state index contributed by atoms with van der Waals surface area (Å²) in [6.45, 7) is 13.4. The van der Waals surface area contributed by atoms with Crippen molar-refractivity contribution >= 4 is 35.1 Å². The van der Waals surface area contributed by atoms with Crippen LogP contribution >= 0.6 is 11.6 Å². The zero-order valence-electron chi connectivity index (χ0n) is 23.7. The number of carbonyl (C=O) groups is 3.